The highest BCUT2D eigenvalue weighted by Crippen LogP contribution is 2.10. The molecule has 0 aliphatic heterocycles. The number of aliphatic hydroxyl groups excluding tert-OH is 1. The molecule has 1 rings (SSSR count). The molecule has 0 fully saturated rings. The summed E-state index contributed by atoms with van der Waals surface area (Å²) in [5.41, 5.74) is 1.17. The molecule has 1 heterocycles. The van der Waals surface area contributed by atoms with Crippen LogP contribution in [0.25, 0.3) is 6.08 Å². The molecule has 0 spiro atoms. The van der Waals surface area contributed by atoms with E-state index in [1.807, 2.05) is 0 Å². The number of methoxy groups -OCH3 is 1. The molecule has 0 unspecified atom stereocenters. The zero-order valence-electron chi connectivity index (χ0n) is 8.51. The zero-order chi connectivity index (χ0) is 11.1. The third-order valence-corrected chi connectivity index (χ3v) is 1.85. The third-order valence-electron chi connectivity index (χ3n) is 1.85. The van der Waals surface area contributed by atoms with Crippen molar-refractivity contribution in [3.63, 3.8) is 0 Å². The number of ether oxygens (including phenoxy) is 1. The first-order chi connectivity index (χ1) is 7.29. The van der Waals surface area contributed by atoms with E-state index in [0.29, 0.717) is 17.5 Å². The summed E-state index contributed by atoms with van der Waals surface area (Å²) in [5, 5.41) is 8.61. The van der Waals surface area contributed by atoms with Crippen molar-refractivity contribution in [2.24, 2.45) is 0 Å². The molecule has 0 radical (unpaired) electrons. The second-order valence-corrected chi connectivity index (χ2v) is 2.87. The van der Waals surface area contributed by atoms with Gasteiger partial charge >= 0.3 is 5.97 Å². The number of pyridine rings is 1. The average Bonchev–Trinajstić information content (AvgIpc) is 2.29. The number of carbonyl (C=O) groups excluding carboxylic acids is 1. The number of nitrogens with zero attached hydrogens (tertiary/aromatic N) is 1. The van der Waals surface area contributed by atoms with Crippen molar-refractivity contribution >= 4 is 12.0 Å². The van der Waals surface area contributed by atoms with Gasteiger partial charge in [-0.15, -0.1) is 0 Å². The molecule has 0 bridgehead atoms. The van der Waals surface area contributed by atoms with Gasteiger partial charge in [0.25, 0.3) is 0 Å². The molecule has 0 aliphatic carbocycles. The first kappa shape index (κ1) is 11.4. The van der Waals surface area contributed by atoms with Gasteiger partial charge in [0.1, 0.15) is 0 Å². The topological polar surface area (TPSA) is 59.4 Å². The summed E-state index contributed by atoms with van der Waals surface area (Å²) in [4.78, 5) is 15.3. The van der Waals surface area contributed by atoms with Crippen molar-refractivity contribution in [2.45, 2.75) is 6.42 Å². The summed E-state index contributed by atoms with van der Waals surface area (Å²) in [7, 11) is 1.34. The highest BCUT2D eigenvalue weighted by atomic mass is 16.5. The quantitative estimate of drug-likeness (QED) is 0.755. The van der Waals surface area contributed by atoms with E-state index in [-0.39, 0.29) is 12.6 Å². The van der Waals surface area contributed by atoms with Crippen molar-refractivity contribution in [3.8, 4) is 0 Å². The Hall–Kier alpha value is -1.68. The Kier molecular flexibility index (Phi) is 4.50. The van der Waals surface area contributed by atoms with Gasteiger partial charge in [-0.05, 0) is 12.5 Å². The molecule has 0 amide bonds. The molecule has 80 valence electrons. The van der Waals surface area contributed by atoms with Crippen LogP contribution in [0.1, 0.15) is 22.3 Å². The summed E-state index contributed by atoms with van der Waals surface area (Å²) in [6, 6.07) is 1.60. The summed E-state index contributed by atoms with van der Waals surface area (Å²) in [5.74, 6) is -0.388. The van der Waals surface area contributed by atoms with Crippen LogP contribution >= 0.6 is 0 Å². The fraction of sp³-hybridized carbons (Fsp3) is 0.273. The Balaban J connectivity index is 2.91. The number of aliphatic hydroxyl groups is 1. The molecule has 4 heteroatoms. The summed E-state index contributed by atoms with van der Waals surface area (Å²) < 4.78 is 4.63. The molecule has 0 atom stereocenters. The van der Waals surface area contributed by atoms with E-state index in [9.17, 15) is 4.79 Å². The van der Waals surface area contributed by atoms with Gasteiger partial charge in [0.15, 0.2) is 0 Å². The summed E-state index contributed by atoms with van der Waals surface area (Å²) in [6.45, 7) is 0.0876. The van der Waals surface area contributed by atoms with Crippen LogP contribution in [0.2, 0.25) is 0 Å². The Bertz CT molecular complexity index is 361. The van der Waals surface area contributed by atoms with Crippen molar-refractivity contribution < 1.29 is 14.6 Å². The van der Waals surface area contributed by atoms with E-state index in [0.717, 1.165) is 0 Å². The van der Waals surface area contributed by atoms with Gasteiger partial charge in [0.05, 0.1) is 12.7 Å². The minimum absolute atomic E-state index is 0.0876. The molecular weight excluding hydrogens is 194 g/mol. The molecule has 1 aromatic rings. The number of carbonyl (C=O) groups is 1. The molecule has 1 aromatic heterocycles. The van der Waals surface area contributed by atoms with Gasteiger partial charge in [-0.3, -0.25) is 4.98 Å². The highest BCUT2D eigenvalue weighted by molar-refractivity contribution is 5.93. The van der Waals surface area contributed by atoms with Crippen molar-refractivity contribution in [2.75, 3.05) is 13.7 Å². The fourth-order valence-electron chi connectivity index (χ4n) is 1.12. The van der Waals surface area contributed by atoms with Crippen molar-refractivity contribution in [3.05, 3.63) is 35.7 Å². The lowest BCUT2D eigenvalue weighted by Crippen LogP contribution is -2.03. The monoisotopic (exact) mass is 207 g/mol. The van der Waals surface area contributed by atoms with Gasteiger partial charge < -0.3 is 9.84 Å². The van der Waals surface area contributed by atoms with Crippen LogP contribution in [0.3, 0.4) is 0 Å². The summed E-state index contributed by atoms with van der Waals surface area (Å²) in [6.07, 6.45) is 7.20. The predicted octanol–water partition coefficient (Wildman–Crippen LogP) is 1.26. The molecule has 0 aliphatic rings. The zero-order valence-corrected chi connectivity index (χ0v) is 8.51. The third kappa shape index (κ3) is 3.18. The lowest BCUT2D eigenvalue weighted by atomic mass is 10.1. The van der Waals surface area contributed by atoms with Gasteiger partial charge in [-0.25, -0.2) is 4.79 Å². The largest absolute Gasteiger partial charge is 0.465 e. The van der Waals surface area contributed by atoms with E-state index in [2.05, 4.69) is 9.72 Å². The van der Waals surface area contributed by atoms with Gasteiger partial charge in [0.2, 0.25) is 0 Å². The lowest BCUT2D eigenvalue weighted by molar-refractivity contribution is 0.0600. The van der Waals surface area contributed by atoms with Crippen LogP contribution in [0.4, 0.5) is 0 Å². The number of hydrogen-bond donors (Lipinski definition) is 1. The van der Waals surface area contributed by atoms with Crippen molar-refractivity contribution in [1.82, 2.24) is 4.98 Å². The Morgan fingerprint density at radius 3 is 3.13 bits per heavy atom. The van der Waals surface area contributed by atoms with E-state index in [4.69, 9.17) is 5.11 Å². The molecule has 0 saturated heterocycles. The van der Waals surface area contributed by atoms with Gasteiger partial charge in [-0.2, -0.15) is 0 Å². The minimum Gasteiger partial charge on any atom is -0.465 e. The van der Waals surface area contributed by atoms with Crippen molar-refractivity contribution in [1.29, 1.82) is 0 Å². The number of rotatable bonds is 4. The highest BCUT2D eigenvalue weighted by Gasteiger charge is 2.08. The molecule has 4 nitrogen and oxygen atoms in total. The number of esters is 1. The van der Waals surface area contributed by atoms with E-state index in [1.54, 1.807) is 24.4 Å². The van der Waals surface area contributed by atoms with Crippen LogP contribution in [0.15, 0.2) is 24.5 Å². The Morgan fingerprint density at radius 1 is 1.67 bits per heavy atom. The SMILES string of the molecule is COC(=O)c1ccncc1C=CCCO. The minimum atomic E-state index is -0.388. The van der Waals surface area contributed by atoms with Crippen LogP contribution in [-0.2, 0) is 4.74 Å². The molecule has 0 saturated carbocycles. The molecule has 1 N–H and O–H groups in total. The Labute approximate surface area is 88.2 Å². The van der Waals surface area contributed by atoms with Crippen LogP contribution in [0, 0.1) is 0 Å². The molecule has 0 aromatic carbocycles. The maximum Gasteiger partial charge on any atom is 0.338 e. The molecule has 15 heavy (non-hydrogen) atoms. The lowest BCUT2D eigenvalue weighted by Gasteiger charge is -2.02. The van der Waals surface area contributed by atoms with E-state index >= 15 is 0 Å². The smallest absolute Gasteiger partial charge is 0.338 e. The van der Waals surface area contributed by atoms with E-state index in [1.165, 1.54) is 13.3 Å². The second kappa shape index (κ2) is 5.93. The number of hydrogen-bond acceptors (Lipinski definition) is 4. The van der Waals surface area contributed by atoms with Crippen LogP contribution < -0.4 is 0 Å². The van der Waals surface area contributed by atoms with Crippen LogP contribution in [0.5, 0.6) is 0 Å². The first-order valence-electron chi connectivity index (χ1n) is 4.59. The first-order valence-corrected chi connectivity index (χ1v) is 4.59. The fourth-order valence-corrected chi connectivity index (χ4v) is 1.12. The number of aromatic nitrogens is 1. The maximum absolute atomic E-state index is 11.3. The van der Waals surface area contributed by atoms with Crippen LogP contribution in [-0.4, -0.2) is 29.8 Å². The van der Waals surface area contributed by atoms with Gasteiger partial charge in [-0.1, -0.05) is 12.2 Å². The molecular formula is C11H13NO3. The normalized spacial score (nSPS) is 10.5. The maximum atomic E-state index is 11.3. The summed E-state index contributed by atoms with van der Waals surface area (Å²) >= 11 is 0. The average molecular weight is 207 g/mol. The standard InChI is InChI=1S/C11H13NO3/c1-15-11(14)10-5-6-12-8-9(10)4-2-3-7-13/h2,4-6,8,13H,3,7H2,1H3. The van der Waals surface area contributed by atoms with Gasteiger partial charge in [0, 0.05) is 24.6 Å². The Morgan fingerprint density at radius 2 is 2.47 bits per heavy atom. The predicted molar refractivity (Wildman–Crippen MR) is 56.3 cm³/mol. The van der Waals surface area contributed by atoms with E-state index < -0.39 is 0 Å². The second-order valence-electron chi connectivity index (χ2n) is 2.87.